The fourth-order valence-corrected chi connectivity index (χ4v) is 3.37. The molecule has 0 unspecified atom stereocenters. The second-order valence-electron chi connectivity index (χ2n) is 4.67. The number of oxazole rings is 1. The van der Waals surface area contributed by atoms with Gasteiger partial charge in [0.15, 0.2) is 5.58 Å². The number of hydrogen-bond donors (Lipinski definition) is 1. The van der Waals surface area contributed by atoms with Crippen LogP contribution < -0.4 is 5.73 Å². The first-order chi connectivity index (χ1) is 8.31. The summed E-state index contributed by atoms with van der Waals surface area (Å²) in [5, 5.41) is 0.775. The lowest BCUT2D eigenvalue weighted by Crippen LogP contribution is -1.95. The van der Waals surface area contributed by atoms with Crippen molar-refractivity contribution in [3.8, 4) is 0 Å². The van der Waals surface area contributed by atoms with Crippen molar-refractivity contribution in [3.05, 3.63) is 18.2 Å². The minimum absolute atomic E-state index is 0.723. The average molecular weight is 248 g/mol. The lowest BCUT2D eigenvalue weighted by Gasteiger charge is -2.04. The van der Waals surface area contributed by atoms with Gasteiger partial charge < -0.3 is 10.2 Å². The number of hydrogen-bond acceptors (Lipinski definition) is 4. The molecule has 0 bridgehead atoms. The van der Waals surface area contributed by atoms with Crippen molar-refractivity contribution < 1.29 is 4.42 Å². The molecule has 0 radical (unpaired) electrons. The van der Waals surface area contributed by atoms with Crippen molar-refractivity contribution in [3.63, 3.8) is 0 Å². The van der Waals surface area contributed by atoms with E-state index in [1.807, 2.05) is 18.2 Å². The summed E-state index contributed by atoms with van der Waals surface area (Å²) in [6.45, 7) is 0. The van der Waals surface area contributed by atoms with E-state index in [1.165, 1.54) is 25.7 Å². The second-order valence-corrected chi connectivity index (χ2v) is 5.64. The average Bonchev–Trinajstić information content (AvgIpc) is 2.94. The number of nitrogen functional groups attached to an aromatic ring is 1. The van der Waals surface area contributed by atoms with Crippen LogP contribution in [0.2, 0.25) is 0 Å². The minimum Gasteiger partial charge on any atom is -0.431 e. The second kappa shape index (κ2) is 4.61. The molecule has 1 aliphatic rings. The van der Waals surface area contributed by atoms with Gasteiger partial charge in [-0.2, -0.15) is 0 Å². The van der Waals surface area contributed by atoms with E-state index in [9.17, 15) is 0 Å². The van der Waals surface area contributed by atoms with Gasteiger partial charge >= 0.3 is 0 Å². The SMILES string of the molecule is Nc1ccc2nc(SCC3CCCC3)oc2c1. The van der Waals surface area contributed by atoms with Crippen LogP contribution in [0.4, 0.5) is 5.69 Å². The van der Waals surface area contributed by atoms with Crippen molar-refractivity contribution in [2.45, 2.75) is 30.9 Å². The van der Waals surface area contributed by atoms with E-state index in [0.717, 1.165) is 33.7 Å². The Labute approximate surface area is 105 Å². The zero-order valence-electron chi connectivity index (χ0n) is 9.69. The van der Waals surface area contributed by atoms with Gasteiger partial charge in [-0.3, -0.25) is 0 Å². The molecular weight excluding hydrogens is 232 g/mol. The molecular formula is C13H16N2OS. The number of benzene rings is 1. The van der Waals surface area contributed by atoms with E-state index < -0.39 is 0 Å². The Hall–Kier alpha value is -1.16. The van der Waals surface area contributed by atoms with Crippen LogP contribution in [0.3, 0.4) is 0 Å². The number of aromatic nitrogens is 1. The number of nitrogens with two attached hydrogens (primary N) is 1. The molecule has 2 aromatic rings. The fourth-order valence-electron chi connectivity index (χ4n) is 2.35. The summed E-state index contributed by atoms with van der Waals surface area (Å²) in [7, 11) is 0. The van der Waals surface area contributed by atoms with Crippen molar-refractivity contribution in [1.82, 2.24) is 4.98 Å². The van der Waals surface area contributed by atoms with Gasteiger partial charge in [0.1, 0.15) is 5.52 Å². The fraction of sp³-hybridized carbons (Fsp3) is 0.462. The normalized spacial score (nSPS) is 16.9. The molecule has 1 aromatic carbocycles. The third-order valence-corrected chi connectivity index (χ3v) is 4.37. The summed E-state index contributed by atoms with van der Waals surface area (Å²) in [6.07, 6.45) is 5.49. The van der Waals surface area contributed by atoms with Gasteiger partial charge in [0.05, 0.1) is 0 Å². The molecule has 0 amide bonds. The lowest BCUT2D eigenvalue weighted by molar-refractivity contribution is 0.487. The highest BCUT2D eigenvalue weighted by atomic mass is 32.2. The quantitative estimate of drug-likeness (QED) is 0.664. The summed E-state index contributed by atoms with van der Waals surface area (Å²) < 4.78 is 5.68. The third kappa shape index (κ3) is 2.41. The molecule has 3 rings (SSSR count). The molecule has 1 aromatic heterocycles. The summed E-state index contributed by atoms with van der Waals surface area (Å²) in [4.78, 5) is 4.46. The molecule has 0 saturated heterocycles. The van der Waals surface area contributed by atoms with E-state index in [0.29, 0.717) is 0 Å². The molecule has 3 nitrogen and oxygen atoms in total. The van der Waals surface area contributed by atoms with E-state index >= 15 is 0 Å². The predicted octanol–water partition coefficient (Wildman–Crippen LogP) is 3.69. The standard InChI is InChI=1S/C13H16N2OS/c14-10-5-6-11-12(7-10)16-13(15-11)17-8-9-3-1-2-4-9/h5-7,9H,1-4,8,14H2. The van der Waals surface area contributed by atoms with Gasteiger partial charge in [-0.25, -0.2) is 4.98 Å². The summed E-state index contributed by atoms with van der Waals surface area (Å²) in [5.41, 5.74) is 8.12. The maximum Gasteiger partial charge on any atom is 0.256 e. The molecule has 1 aliphatic carbocycles. The minimum atomic E-state index is 0.723. The predicted molar refractivity (Wildman–Crippen MR) is 71.1 cm³/mol. The molecule has 17 heavy (non-hydrogen) atoms. The van der Waals surface area contributed by atoms with Crippen LogP contribution in [-0.4, -0.2) is 10.7 Å². The van der Waals surface area contributed by atoms with Gasteiger partial charge in [-0.05, 0) is 30.9 Å². The van der Waals surface area contributed by atoms with E-state index in [2.05, 4.69) is 4.98 Å². The van der Waals surface area contributed by atoms with Gasteiger partial charge in [-0.15, -0.1) is 0 Å². The van der Waals surface area contributed by atoms with Crippen molar-refractivity contribution in [2.75, 3.05) is 11.5 Å². The molecule has 2 N–H and O–H groups in total. The lowest BCUT2D eigenvalue weighted by atomic mass is 10.1. The highest BCUT2D eigenvalue weighted by Gasteiger charge is 2.16. The van der Waals surface area contributed by atoms with Crippen LogP contribution in [0.5, 0.6) is 0 Å². The first-order valence-corrected chi connectivity index (χ1v) is 7.09. The molecule has 1 heterocycles. The van der Waals surface area contributed by atoms with Crippen LogP contribution in [-0.2, 0) is 0 Å². The van der Waals surface area contributed by atoms with Gasteiger partial charge in [0.2, 0.25) is 0 Å². The molecule has 0 aliphatic heterocycles. The number of fused-ring (bicyclic) bond motifs is 1. The molecule has 0 spiro atoms. The first kappa shape index (κ1) is 11.0. The van der Waals surface area contributed by atoms with Crippen molar-refractivity contribution in [1.29, 1.82) is 0 Å². The maximum atomic E-state index is 5.71. The Morgan fingerprint density at radius 1 is 1.35 bits per heavy atom. The van der Waals surface area contributed by atoms with Crippen LogP contribution >= 0.6 is 11.8 Å². The van der Waals surface area contributed by atoms with Crippen LogP contribution in [0.25, 0.3) is 11.1 Å². The first-order valence-electron chi connectivity index (χ1n) is 6.10. The van der Waals surface area contributed by atoms with Crippen LogP contribution in [0, 0.1) is 5.92 Å². The van der Waals surface area contributed by atoms with Gasteiger partial charge in [0, 0.05) is 17.5 Å². The maximum absolute atomic E-state index is 5.71. The largest absolute Gasteiger partial charge is 0.431 e. The molecule has 0 atom stereocenters. The summed E-state index contributed by atoms with van der Waals surface area (Å²) in [6, 6.07) is 5.60. The molecule has 1 fully saturated rings. The monoisotopic (exact) mass is 248 g/mol. The molecule has 90 valence electrons. The van der Waals surface area contributed by atoms with E-state index in [4.69, 9.17) is 10.2 Å². The van der Waals surface area contributed by atoms with E-state index in [-0.39, 0.29) is 0 Å². The van der Waals surface area contributed by atoms with Gasteiger partial charge in [-0.1, -0.05) is 24.6 Å². The summed E-state index contributed by atoms with van der Waals surface area (Å²) in [5.74, 6) is 1.97. The summed E-state index contributed by atoms with van der Waals surface area (Å²) >= 11 is 1.73. The van der Waals surface area contributed by atoms with Crippen LogP contribution in [0.15, 0.2) is 27.8 Å². The number of rotatable bonds is 3. The molecule has 4 heteroatoms. The Bertz CT molecular complexity index is 517. The Morgan fingerprint density at radius 2 is 2.18 bits per heavy atom. The smallest absolute Gasteiger partial charge is 0.256 e. The zero-order chi connectivity index (χ0) is 11.7. The molecule has 1 saturated carbocycles. The topological polar surface area (TPSA) is 52.0 Å². The highest BCUT2D eigenvalue weighted by Crippen LogP contribution is 2.32. The van der Waals surface area contributed by atoms with E-state index in [1.54, 1.807) is 11.8 Å². The number of thioether (sulfide) groups is 1. The van der Waals surface area contributed by atoms with Crippen molar-refractivity contribution >= 4 is 28.5 Å². The van der Waals surface area contributed by atoms with Crippen molar-refractivity contribution in [2.24, 2.45) is 5.92 Å². The highest BCUT2D eigenvalue weighted by molar-refractivity contribution is 7.99. The number of anilines is 1. The Balaban J connectivity index is 1.72. The number of nitrogens with zero attached hydrogens (tertiary/aromatic N) is 1. The zero-order valence-corrected chi connectivity index (χ0v) is 10.5. The Kier molecular flexibility index (Phi) is 2.97. The Morgan fingerprint density at radius 3 is 3.00 bits per heavy atom. The third-order valence-electron chi connectivity index (χ3n) is 3.31. The van der Waals surface area contributed by atoms with Gasteiger partial charge in [0.25, 0.3) is 5.22 Å². The van der Waals surface area contributed by atoms with Crippen LogP contribution in [0.1, 0.15) is 25.7 Å².